The molecule has 2 aromatic rings. The SMILES string of the molecule is O=C(CCCCCCC(=O)OC(C(=O)O)c1ccccc1)OC(C(=O)O)c1ccccc1. The Labute approximate surface area is 185 Å². The second kappa shape index (κ2) is 12.9. The summed E-state index contributed by atoms with van der Waals surface area (Å²) in [5, 5.41) is 18.6. The van der Waals surface area contributed by atoms with Gasteiger partial charge in [0.2, 0.25) is 12.2 Å². The third-order valence-electron chi connectivity index (χ3n) is 4.66. The predicted octanol–water partition coefficient (Wildman–Crippen LogP) is 4.07. The molecule has 170 valence electrons. The molecule has 0 saturated carbocycles. The van der Waals surface area contributed by atoms with Gasteiger partial charge in [-0.3, -0.25) is 9.59 Å². The van der Waals surface area contributed by atoms with Gasteiger partial charge >= 0.3 is 23.9 Å². The molecular weight excluding hydrogens is 416 g/mol. The van der Waals surface area contributed by atoms with Gasteiger partial charge < -0.3 is 19.7 Å². The average molecular weight is 442 g/mol. The Kier molecular flexibility index (Phi) is 9.90. The van der Waals surface area contributed by atoms with E-state index in [1.54, 1.807) is 60.7 Å². The number of unbranched alkanes of at least 4 members (excludes halogenated alkanes) is 3. The molecule has 2 rings (SSSR count). The minimum Gasteiger partial charge on any atom is -0.478 e. The van der Waals surface area contributed by atoms with E-state index in [1.807, 2.05) is 0 Å². The maximum Gasteiger partial charge on any atom is 0.349 e. The molecule has 2 N–H and O–H groups in total. The van der Waals surface area contributed by atoms with Crippen molar-refractivity contribution in [2.45, 2.75) is 50.7 Å². The van der Waals surface area contributed by atoms with Crippen molar-refractivity contribution in [3.63, 3.8) is 0 Å². The molecule has 0 amide bonds. The molecule has 8 nitrogen and oxygen atoms in total. The fourth-order valence-electron chi connectivity index (χ4n) is 3.05. The van der Waals surface area contributed by atoms with Gasteiger partial charge in [0.1, 0.15) is 0 Å². The summed E-state index contributed by atoms with van der Waals surface area (Å²) >= 11 is 0. The number of hydrogen-bond acceptors (Lipinski definition) is 6. The van der Waals surface area contributed by atoms with E-state index in [9.17, 15) is 29.4 Å². The molecule has 0 bridgehead atoms. The highest BCUT2D eigenvalue weighted by molar-refractivity contribution is 5.80. The summed E-state index contributed by atoms with van der Waals surface area (Å²) in [6.07, 6.45) is -0.325. The Morgan fingerprint density at radius 3 is 1.25 bits per heavy atom. The van der Waals surface area contributed by atoms with Crippen LogP contribution in [0.25, 0.3) is 0 Å². The van der Waals surface area contributed by atoms with Crippen molar-refractivity contribution in [2.24, 2.45) is 0 Å². The van der Waals surface area contributed by atoms with E-state index in [4.69, 9.17) is 9.47 Å². The van der Waals surface area contributed by atoms with Crippen molar-refractivity contribution in [1.29, 1.82) is 0 Å². The zero-order valence-electron chi connectivity index (χ0n) is 17.5. The fourth-order valence-corrected chi connectivity index (χ4v) is 3.05. The van der Waals surface area contributed by atoms with Crippen LogP contribution >= 0.6 is 0 Å². The summed E-state index contributed by atoms with van der Waals surface area (Å²) in [5.41, 5.74) is 0.782. The lowest BCUT2D eigenvalue weighted by Gasteiger charge is -2.14. The molecule has 32 heavy (non-hydrogen) atoms. The van der Waals surface area contributed by atoms with Crippen LogP contribution in [0.1, 0.15) is 61.9 Å². The van der Waals surface area contributed by atoms with E-state index in [0.29, 0.717) is 36.8 Å². The molecule has 0 fully saturated rings. The summed E-state index contributed by atoms with van der Waals surface area (Å²) in [5.74, 6) is -3.68. The van der Waals surface area contributed by atoms with Crippen molar-refractivity contribution in [3.8, 4) is 0 Å². The Morgan fingerprint density at radius 2 is 0.938 bits per heavy atom. The monoisotopic (exact) mass is 442 g/mol. The van der Waals surface area contributed by atoms with E-state index < -0.39 is 36.1 Å². The number of carbonyl (C=O) groups excluding carboxylic acids is 2. The van der Waals surface area contributed by atoms with Crippen LogP contribution in [0.15, 0.2) is 60.7 Å². The first-order chi connectivity index (χ1) is 15.4. The Bertz CT molecular complexity index is 819. The first kappa shape index (κ1) is 24.6. The van der Waals surface area contributed by atoms with E-state index >= 15 is 0 Å². The van der Waals surface area contributed by atoms with Gasteiger partial charge in [-0.25, -0.2) is 9.59 Å². The molecule has 0 radical (unpaired) electrons. The summed E-state index contributed by atoms with van der Waals surface area (Å²) < 4.78 is 10.2. The van der Waals surface area contributed by atoms with Gasteiger partial charge in [0, 0.05) is 24.0 Å². The zero-order chi connectivity index (χ0) is 23.3. The normalized spacial score (nSPS) is 12.4. The van der Waals surface area contributed by atoms with Crippen molar-refractivity contribution in [1.82, 2.24) is 0 Å². The van der Waals surface area contributed by atoms with Gasteiger partial charge in [0.05, 0.1) is 0 Å². The standard InChI is InChI=1S/C24H26O8/c25-19(31-21(23(27)28)17-11-5-3-6-12-17)15-9-1-2-10-16-20(26)32-22(24(29)30)18-13-7-4-8-14-18/h3-8,11-14,21-22H,1-2,9-10,15-16H2,(H,27,28)(H,29,30). The Balaban J connectivity index is 1.66. The lowest BCUT2D eigenvalue weighted by Crippen LogP contribution is -2.19. The van der Waals surface area contributed by atoms with Crippen LogP contribution in [0.3, 0.4) is 0 Å². The van der Waals surface area contributed by atoms with E-state index in [1.165, 1.54) is 0 Å². The van der Waals surface area contributed by atoms with Crippen molar-refractivity contribution in [3.05, 3.63) is 71.8 Å². The van der Waals surface area contributed by atoms with Gasteiger partial charge in [0.15, 0.2) is 0 Å². The van der Waals surface area contributed by atoms with E-state index in [0.717, 1.165) is 0 Å². The molecule has 8 heteroatoms. The largest absolute Gasteiger partial charge is 0.478 e. The lowest BCUT2D eigenvalue weighted by atomic mass is 10.1. The maximum atomic E-state index is 12.0. The number of rotatable bonds is 13. The van der Waals surface area contributed by atoms with E-state index in [2.05, 4.69) is 0 Å². The number of esters is 2. The number of carbonyl (C=O) groups is 4. The summed E-state index contributed by atoms with van der Waals surface area (Å²) in [6, 6.07) is 16.5. The van der Waals surface area contributed by atoms with Crippen LogP contribution in [0.4, 0.5) is 0 Å². The van der Waals surface area contributed by atoms with Crippen LogP contribution in [0, 0.1) is 0 Å². The summed E-state index contributed by atoms with van der Waals surface area (Å²) in [7, 11) is 0. The smallest absolute Gasteiger partial charge is 0.349 e. The number of hydrogen-bond donors (Lipinski definition) is 2. The quantitative estimate of drug-likeness (QED) is 0.351. The molecule has 2 atom stereocenters. The molecule has 0 aliphatic carbocycles. The van der Waals surface area contributed by atoms with Gasteiger partial charge in [-0.05, 0) is 12.8 Å². The molecular formula is C24H26O8. The second-order valence-corrected chi connectivity index (χ2v) is 7.15. The molecule has 0 aromatic heterocycles. The predicted molar refractivity (Wildman–Crippen MR) is 114 cm³/mol. The first-order valence-corrected chi connectivity index (χ1v) is 10.3. The number of benzene rings is 2. The van der Waals surface area contributed by atoms with E-state index in [-0.39, 0.29) is 12.8 Å². The van der Waals surface area contributed by atoms with Crippen LogP contribution in [0.5, 0.6) is 0 Å². The molecule has 2 aromatic carbocycles. The Hall–Kier alpha value is -3.68. The Morgan fingerprint density at radius 1 is 0.594 bits per heavy atom. The van der Waals surface area contributed by atoms with Gasteiger partial charge in [-0.1, -0.05) is 73.5 Å². The average Bonchev–Trinajstić information content (AvgIpc) is 2.79. The molecule has 0 heterocycles. The van der Waals surface area contributed by atoms with Gasteiger partial charge in [0.25, 0.3) is 0 Å². The molecule has 0 aliphatic rings. The summed E-state index contributed by atoms with van der Waals surface area (Å²) in [6.45, 7) is 0. The molecule has 0 saturated heterocycles. The molecule has 0 spiro atoms. The minimum absolute atomic E-state index is 0.0656. The number of aliphatic carboxylic acids is 2. The maximum absolute atomic E-state index is 12.0. The lowest BCUT2D eigenvalue weighted by molar-refractivity contribution is -0.164. The molecule has 0 aliphatic heterocycles. The number of carboxylic acid groups (broad SMARTS) is 2. The third-order valence-corrected chi connectivity index (χ3v) is 4.66. The third kappa shape index (κ3) is 8.22. The number of ether oxygens (including phenoxy) is 2. The summed E-state index contributed by atoms with van der Waals surface area (Å²) in [4.78, 5) is 46.7. The minimum atomic E-state index is -1.34. The topological polar surface area (TPSA) is 127 Å². The van der Waals surface area contributed by atoms with Gasteiger partial charge in [-0.15, -0.1) is 0 Å². The van der Waals surface area contributed by atoms with Crippen LogP contribution in [-0.4, -0.2) is 34.1 Å². The van der Waals surface area contributed by atoms with Crippen LogP contribution in [0.2, 0.25) is 0 Å². The highest BCUT2D eigenvalue weighted by atomic mass is 16.6. The zero-order valence-corrected chi connectivity index (χ0v) is 17.5. The highest BCUT2D eigenvalue weighted by Gasteiger charge is 2.25. The first-order valence-electron chi connectivity index (χ1n) is 10.3. The van der Waals surface area contributed by atoms with Crippen molar-refractivity contribution >= 4 is 23.9 Å². The molecule has 2 unspecified atom stereocenters. The van der Waals surface area contributed by atoms with Crippen molar-refractivity contribution in [2.75, 3.05) is 0 Å². The van der Waals surface area contributed by atoms with Crippen LogP contribution < -0.4 is 0 Å². The van der Waals surface area contributed by atoms with Crippen molar-refractivity contribution < 1.29 is 38.9 Å². The van der Waals surface area contributed by atoms with Gasteiger partial charge in [-0.2, -0.15) is 0 Å². The van der Waals surface area contributed by atoms with Crippen LogP contribution in [-0.2, 0) is 28.7 Å². The second-order valence-electron chi connectivity index (χ2n) is 7.15. The highest BCUT2D eigenvalue weighted by Crippen LogP contribution is 2.20. The fraction of sp³-hybridized carbons (Fsp3) is 0.333. The number of carboxylic acids is 2.